The fourth-order valence-electron chi connectivity index (χ4n) is 2.91. The van der Waals surface area contributed by atoms with E-state index in [-0.39, 0.29) is 24.1 Å². The van der Waals surface area contributed by atoms with Crippen LogP contribution in [0, 0.1) is 0 Å². The summed E-state index contributed by atoms with van der Waals surface area (Å²) in [7, 11) is -1.66. The van der Waals surface area contributed by atoms with E-state index in [9.17, 15) is 8.42 Å². The number of sulfonamides is 1. The maximum Gasteiger partial charge on any atom is 0.219 e. The Bertz CT molecular complexity index is 650. The van der Waals surface area contributed by atoms with Crippen molar-refractivity contribution in [2.45, 2.75) is 63.8 Å². The van der Waals surface area contributed by atoms with Crippen LogP contribution in [0.4, 0.5) is 0 Å². The van der Waals surface area contributed by atoms with Crippen LogP contribution in [-0.4, -0.2) is 38.4 Å². The summed E-state index contributed by atoms with van der Waals surface area (Å²) in [5, 5.41) is 1.05. The normalized spacial score (nSPS) is 24.2. The molecule has 24 heavy (non-hydrogen) atoms. The highest BCUT2D eigenvalue weighted by atomic mass is 32.2. The van der Waals surface area contributed by atoms with E-state index >= 15 is 0 Å². The van der Waals surface area contributed by atoms with Crippen molar-refractivity contribution in [2.75, 3.05) is 13.7 Å². The first-order valence-electron chi connectivity index (χ1n) is 8.53. The average molecular weight is 355 g/mol. The number of nitrogens with one attached hydrogen (secondary N) is 1. The summed E-state index contributed by atoms with van der Waals surface area (Å²) in [6.07, 6.45) is 0.758. The molecule has 0 spiro atoms. The zero-order chi connectivity index (χ0) is 18.1. The highest BCUT2D eigenvalue weighted by Gasteiger charge is 2.43. The van der Waals surface area contributed by atoms with E-state index in [0.717, 1.165) is 12.0 Å². The summed E-state index contributed by atoms with van der Waals surface area (Å²) in [4.78, 5) is 5.55. The molecule has 1 heterocycles. The van der Waals surface area contributed by atoms with Gasteiger partial charge >= 0.3 is 0 Å². The lowest BCUT2D eigenvalue weighted by atomic mass is 9.86. The van der Waals surface area contributed by atoms with Crippen molar-refractivity contribution in [1.29, 1.82) is 0 Å². The average Bonchev–Trinajstić information content (AvgIpc) is 2.88. The highest BCUT2D eigenvalue weighted by Crippen LogP contribution is 2.34. The van der Waals surface area contributed by atoms with E-state index < -0.39 is 15.3 Å². The van der Waals surface area contributed by atoms with Crippen LogP contribution < -0.4 is 4.72 Å². The molecule has 0 aliphatic carbocycles. The SMILES string of the molecule is CC[C@H](C)NS(=O)(=O)[C@H]1CON(C)[C@@H]1c1ccc(C(C)(C)C)cc1. The molecule has 0 amide bonds. The van der Waals surface area contributed by atoms with Gasteiger partial charge in [0.05, 0.1) is 12.6 Å². The predicted molar refractivity (Wildman–Crippen MR) is 97.2 cm³/mol. The lowest BCUT2D eigenvalue weighted by molar-refractivity contribution is -0.110. The first-order chi connectivity index (χ1) is 11.1. The van der Waals surface area contributed by atoms with E-state index in [2.05, 4.69) is 37.6 Å². The summed E-state index contributed by atoms with van der Waals surface area (Å²) in [5.41, 5.74) is 2.26. The predicted octanol–water partition coefficient (Wildman–Crippen LogP) is 2.99. The zero-order valence-electron chi connectivity index (χ0n) is 15.5. The molecular formula is C18H30N2O3S. The monoisotopic (exact) mass is 354 g/mol. The summed E-state index contributed by atoms with van der Waals surface area (Å²) in [6, 6.07) is 7.80. The van der Waals surface area contributed by atoms with Gasteiger partial charge in [-0.2, -0.15) is 5.06 Å². The highest BCUT2D eigenvalue weighted by molar-refractivity contribution is 7.90. The molecule has 5 nitrogen and oxygen atoms in total. The smallest absolute Gasteiger partial charge is 0.219 e. The molecule has 1 aromatic rings. The fourth-order valence-corrected chi connectivity index (χ4v) is 4.72. The van der Waals surface area contributed by atoms with Crippen LogP contribution in [0.2, 0.25) is 0 Å². The van der Waals surface area contributed by atoms with Crippen LogP contribution in [0.1, 0.15) is 58.2 Å². The van der Waals surface area contributed by atoms with Gasteiger partial charge in [-0.05, 0) is 29.9 Å². The second kappa shape index (κ2) is 7.12. The van der Waals surface area contributed by atoms with Crippen LogP contribution in [-0.2, 0) is 20.3 Å². The lowest BCUT2D eigenvalue weighted by Crippen LogP contribution is -2.42. The molecule has 3 atom stereocenters. The molecule has 6 heteroatoms. The van der Waals surface area contributed by atoms with E-state index in [0.29, 0.717) is 0 Å². The minimum Gasteiger partial charge on any atom is -0.297 e. The Hall–Kier alpha value is -0.950. The van der Waals surface area contributed by atoms with Crippen molar-refractivity contribution in [1.82, 2.24) is 9.79 Å². The minimum atomic E-state index is -3.46. The Morgan fingerprint density at radius 3 is 2.38 bits per heavy atom. The van der Waals surface area contributed by atoms with Crippen LogP contribution >= 0.6 is 0 Å². The first-order valence-corrected chi connectivity index (χ1v) is 10.1. The van der Waals surface area contributed by atoms with Crippen LogP contribution in [0.15, 0.2) is 24.3 Å². The van der Waals surface area contributed by atoms with Crippen molar-refractivity contribution in [3.8, 4) is 0 Å². The van der Waals surface area contributed by atoms with Crippen molar-refractivity contribution < 1.29 is 13.3 Å². The summed E-state index contributed by atoms with van der Waals surface area (Å²) >= 11 is 0. The first kappa shape index (κ1) is 19.4. The quantitative estimate of drug-likeness (QED) is 0.883. The molecule has 2 rings (SSSR count). The molecule has 1 aliphatic heterocycles. The van der Waals surface area contributed by atoms with E-state index in [1.54, 1.807) is 12.1 Å². The molecule has 1 saturated heterocycles. The van der Waals surface area contributed by atoms with Gasteiger partial charge in [-0.15, -0.1) is 0 Å². The Kier molecular flexibility index (Phi) is 5.75. The summed E-state index contributed by atoms with van der Waals surface area (Å²) in [5.74, 6) is 0. The molecule has 1 aliphatic rings. The second-order valence-electron chi connectivity index (χ2n) is 7.67. The Balaban J connectivity index is 2.29. The van der Waals surface area contributed by atoms with Crippen molar-refractivity contribution >= 4 is 10.0 Å². The minimum absolute atomic E-state index is 0.0696. The van der Waals surface area contributed by atoms with E-state index in [1.807, 2.05) is 26.0 Å². The largest absolute Gasteiger partial charge is 0.297 e. The zero-order valence-corrected chi connectivity index (χ0v) is 16.4. The Labute approximate surface area is 146 Å². The molecule has 0 unspecified atom stereocenters. The van der Waals surface area contributed by atoms with Crippen LogP contribution in [0.5, 0.6) is 0 Å². The van der Waals surface area contributed by atoms with Gasteiger partial charge in [0.2, 0.25) is 10.0 Å². The fraction of sp³-hybridized carbons (Fsp3) is 0.667. The Morgan fingerprint density at radius 1 is 1.29 bits per heavy atom. The molecular weight excluding hydrogens is 324 g/mol. The van der Waals surface area contributed by atoms with Gasteiger partial charge in [-0.25, -0.2) is 13.1 Å². The third kappa shape index (κ3) is 4.17. The molecule has 136 valence electrons. The number of nitrogens with zero attached hydrogens (tertiary/aromatic N) is 1. The number of rotatable bonds is 5. The molecule has 0 radical (unpaired) electrons. The maximum atomic E-state index is 12.7. The van der Waals surface area contributed by atoms with Crippen LogP contribution in [0.25, 0.3) is 0 Å². The summed E-state index contributed by atoms with van der Waals surface area (Å²) < 4.78 is 28.2. The molecule has 1 N–H and O–H groups in total. The van der Waals surface area contributed by atoms with Gasteiger partial charge in [0.15, 0.2) is 0 Å². The molecule has 1 fully saturated rings. The second-order valence-corrected chi connectivity index (χ2v) is 9.60. The van der Waals surface area contributed by atoms with Crippen molar-refractivity contribution in [3.05, 3.63) is 35.4 Å². The van der Waals surface area contributed by atoms with Gasteiger partial charge in [-0.3, -0.25) is 4.84 Å². The molecule has 1 aromatic carbocycles. The third-order valence-electron chi connectivity index (χ3n) is 4.68. The summed E-state index contributed by atoms with van der Waals surface area (Å²) in [6.45, 7) is 10.5. The van der Waals surface area contributed by atoms with Gasteiger partial charge in [-0.1, -0.05) is 52.0 Å². The van der Waals surface area contributed by atoms with Crippen molar-refractivity contribution in [2.24, 2.45) is 0 Å². The van der Waals surface area contributed by atoms with Gasteiger partial charge in [0.1, 0.15) is 5.25 Å². The van der Waals surface area contributed by atoms with Crippen LogP contribution in [0.3, 0.4) is 0 Å². The number of hydrogen-bond acceptors (Lipinski definition) is 4. The Morgan fingerprint density at radius 2 is 1.88 bits per heavy atom. The standard InChI is InChI=1S/C18H30N2O3S/c1-7-13(2)19-24(21,22)16-12-23-20(6)17(16)14-8-10-15(11-9-14)18(3,4)5/h8-11,13,16-17,19H,7,12H2,1-6H3/t13-,16-,17+/m0/s1. The molecule has 0 saturated carbocycles. The van der Waals surface area contributed by atoms with E-state index in [1.165, 1.54) is 5.56 Å². The number of benzene rings is 1. The topological polar surface area (TPSA) is 58.6 Å². The third-order valence-corrected chi connectivity index (χ3v) is 6.60. The maximum absolute atomic E-state index is 12.7. The van der Waals surface area contributed by atoms with Gasteiger partial charge in [0, 0.05) is 13.1 Å². The lowest BCUT2D eigenvalue weighted by Gasteiger charge is -2.25. The molecule has 0 bridgehead atoms. The number of hydroxylamine groups is 2. The molecule has 0 aromatic heterocycles. The van der Waals surface area contributed by atoms with Crippen molar-refractivity contribution in [3.63, 3.8) is 0 Å². The number of hydrogen-bond donors (Lipinski definition) is 1. The van der Waals surface area contributed by atoms with E-state index in [4.69, 9.17) is 4.84 Å². The van der Waals surface area contributed by atoms with Gasteiger partial charge < -0.3 is 0 Å². The van der Waals surface area contributed by atoms with Gasteiger partial charge in [0.25, 0.3) is 0 Å².